The van der Waals surface area contributed by atoms with Crippen LogP contribution in [0.25, 0.3) is 0 Å². The average molecular weight is 357 g/mol. The minimum atomic E-state index is 0.00101. The SMILES string of the molecule is CCCC(=O)Nc1cccc(SCC(=O)c2ccc3c(c2)OCO3)c1. The number of rotatable bonds is 7. The lowest BCUT2D eigenvalue weighted by molar-refractivity contribution is -0.116. The fourth-order valence-corrected chi connectivity index (χ4v) is 3.27. The molecule has 0 saturated carbocycles. The molecule has 2 aromatic carbocycles. The smallest absolute Gasteiger partial charge is 0.231 e. The summed E-state index contributed by atoms with van der Waals surface area (Å²) < 4.78 is 10.6. The van der Waals surface area contributed by atoms with Gasteiger partial charge in [0.05, 0.1) is 5.75 Å². The van der Waals surface area contributed by atoms with Gasteiger partial charge in [0.25, 0.3) is 0 Å². The predicted molar refractivity (Wildman–Crippen MR) is 97.6 cm³/mol. The molecule has 5 nitrogen and oxygen atoms in total. The van der Waals surface area contributed by atoms with Crippen LogP contribution in [0.4, 0.5) is 5.69 Å². The van der Waals surface area contributed by atoms with Gasteiger partial charge in [-0.25, -0.2) is 0 Å². The molecule has 0 aromatic heterocycles. The number of hydrogen-bond donors (Lipinski definition) is 1. The van der Waals surface area contributed by atoms with Gasteiger partial charge in [0.2, 0.25) is 12.7 Å². The molecular formula is C19H19NO4S. The summed E-state index contributed by atoms with van der Waals surface area (Å²) in [7, 11) is 0. The summed E-state index contributed by atoms with van der Waals surface area (Å²) in [6.07, 6.45) is 1.31. The Morgan fingerprint density at radius 3 is 2.80 bits per heavy atom. The van der Waals surface area contributed by atoms with Gasteiger partial charge < -0.3 is 14.8 Å². The molecule has 2 aromatic rings. The molecule has 0 atom stereocenters. The Morgan fingerprint density at radius 2 is 1.96 bits per heavy atom. The number of hydrogen-bond acceptors (Lipinski definition) is 5. The number of carbonyl (C=O) groups excluding carboxylic acids is 2. The first kappa shape index (κ1) is 17.4. The van der Waals surface area contributed by atoms with E-state index in [9.17, 15) is 9.59 Å². The summed E-state index contributed by atoms with van der Waals surface area (Å²) >= 11 is 1.44. The number of carbonyl (C=O) groups is 2. The standard InChI is InChI=1S/C19H19NO4S/c1-2-4-19(22)20-14-5-3-6-15(10-14)25-11-16(21)13-7-8-17-18(9-13)24-12-23-17/h3,5-10H,2,4,11-12H2,1H3,(H,20,22). The minimum Gasteiger partial charge on any atom is -0.454 e. The van der Waals surface area contributed by atoms with E-state index in [-0.39, 0.29) is 18.5 Å². The van der Waals surface area contributed by atoms with Crippen molar-refractivity contribution in [2.75, 3.05) is 17.9 Å². The number of thioether (sulfide) groups is 1. The Balaban J connectivity index is 1.59. The Bertz CT molecular complexity index is 791. The van der Waals surface area contributed by atoms with Crippen molar-refractivity contribution in [3.8, 4) is 11.5 Å². The van der Waals surface area contributed by atoms with Crippen molar-refractivity contribution in [3.05, 3.63) is 48.0 Å². The van der Waals surface area contributed by atoms with Crippen molar-refractivity contribution in [3.63, 3.8) is 0 Å². The van der Waals surface area contributed by atoms with Gasteiger partial charge in [0.1, 0.15) is 0 Å². The molecule has 0 bridgehead atoms. The molecule has 0 saturated heterocycles. The second-order valence-electron chi connectivity index (χ2n) is 5.61. The van der Waals surface area contributed by atoms with Crippen LogP contribution in [0.15, 0.2) is 47.4 Å². The number of fused-ring (bicyclic) bond motifs is 1. The summed E-state index contributed by atoms with van der Waals surface area (Å²) in [5, 5.41) is 2.86. The molecule has 6 heteroatoms. The Morgan fingerprint density at radius 1 is 1.12 bits per heavy atom. The molecule has 0 fully saturated rings. The van der Waals surface area contributed by atoms with Crippen molar-refractivity contribution >= 4 is 29.1 Å². The first-order valence-electron chi connectivity index (χ1n) is 8.11. The topological polar surface area (TPSA) is 64.6 Å². The van der Waals surface area contributed by atoms with Crippen LogP contribution in [0, 0.1) is 0 Å². The highest BCUT2D eigenvalue weighted by Crippen LogP contribution is 2.33. The maximum atomic E-state index is 12.4. The molecular weight excluding hydrogens is 338 g/mol. The monoisotopic (exact) mass is 357 g/mol. The van der Waals surface area contributed by atoms with Crippen LogP contribution in [0.2, 0.25) is 0 Å². The van der Waals surface area contributed by atoms with E-state index in [0.717, 1.165) is 17.0 Å². The van der Waals surface area contributed by atoms with E-state index in [4.69, 9.17) is 9.47 Å². The predicted octanol–water partition coefficient (Wildman–Crippen LogP) is 4.13. The lowest BCUT2D eigenvalue weighted by atomic mass is 10.1. The minimum absolute atomic E-state index is 0.00101. The molecule has 130 valence electrons. The van der Waals surface area contributed by atoms with Gasteiger partial charge in [0.15, 0.2) is 17.3 Å². The molecule has 1 aliphatic heterocycles. The van der Waals surface area contributed by atoms with E-state index in [2.05, 4.69) is 5.32 Å². The van der Waals surface area contributed by atoms with Gasteiger partial charge in [-0.3, -0.25) is 9.59 Å². The van der Waals surface area contributed by atoms with Crippen LogP contribution < -0.4 is 14.8 Å². The van der Waals surface area contributed by atoms with E-state index < -0.39 is 0 Å². The molecule has 25 heavy (non-hydrogen) atoms. The van der Waals surface area contributed by atoms with Gasteiger partial charge in [-0.05, 0) is 42.8 Å². The number of ether oxygens (including phenoxy) is 2. The van der Waals surface area contributed by atoms with Gasteiger partial charge in [-0.15, -0.1) is 11.8 Å². The van der Waals surface area contributed by atoms with Crippen molar-refractivity contribution in [1.82, 2.24) is 0 Å². The first-order chi connectivity index (χ1) is 12.2. The summed E-state index contributed by atoms with van der Waals surface area (Å²) in [6.45, 7) is 2.16. The van der Waals surface area contributed by atoms with Gasteiger partial charge >= 0.3 is 0 Å². The molecule has 0 radical (unpaired) electrons. The first-order valence-corrected chi connectivity index (χ1v) is 9.10. The molecule has 0 unspecified atom stereocenters. The van der Waals surface area contributed by atoms with Crippen LogP contribution in [-0.2, 0) is 4.79 Å². The number of anilines is 1. The highest BCUT2D eigenvalue weighted by molar-refractivity contribution is 8.00. The number of Topliss-reactive ketones (excluding diaryl/α,β-unsaturated/α-hetero) is 1. The molecule has 1 amide bonds. The zero-order chi connectivity index (χ0) is 17.6. The van der Waals surface area contributed by atoms with E-state index in [1.807, 2.05) is 31.2 Å². The molecule has 0 aliphatic carbocycles. The van der Waals surface area contributed by atoms with Gasteiger partial charge in [-0.1, -0.05) is 13.0 Å². The van der Waals surface area contributed by atoms with Crippen LogP contribution in [0.3, 0.4) is 0 Å². The number of benzene rings is 2. The van der Waals surface area contributed by atoms with E-state index in [1.54, 1.807) is 18.2 Å². The molecule has 0 spiro atoms. The fourth-order valence-electron chi connectivity index (χ4n) is 2.42. The quantitative estimate of drug-likeness (QED) is 0.596. The zero-order valence-electron chi connectivity index (χ0n) is 13.9. The maximum Gasteiger partial charge on any atom is 0.231 e. The third kappa shape index (κ3) is 4.54. The largest absolute Gasteiger partial charge is 0.454 e. The second kappa shape index (κ2) is 8.07. The third-order valence-corrected chi connectivity index (χ3v) is 4.65. The van der Waals surface area contributed by atoms with Crippen molar-refractivity contribution in [2.24, 2.45) is 0 Å². The zero-order valence-corrected chi connectivity index (χ0v) is 14.7. The van der Waals surface area contributed by atoms with E-state index >= 15 is 0 Å². The highest BCUT2D eigenvalue weighted by atomic mass is 32.2. The highest BCUT2D eigenvalue weighted by Gasteiger charge is 2.16. The average Bonchev–Trinajstić information content (AvgIpc) is 3.08. The summed E-state index contributed by atoms with van der Waals surface area (Å²) in [5.41, 5.74) is 1.35. The fraction of sp³-hybridized carbons (Fsp3) is 0.263. The van der Waals surface area contributed by atoms with Gasteiger partial charge in [-0.2, -0.15) is 0 Å². The molecule has 3 rings (SSSR count). The van der Waals surface area contributed by atoms with Crippen molar-refractivity contribution < 1.29 is 19.1 Å². The van der Waals surface area contributed by atoms with E-state index in [0.29, 0.717) is 29.2 Å². The number of nitrogens with one attached hydrogen (secondary N) is 1. The van der Waals surface area contributed by atoms with Crippen LogP contribution in [-0.4, -0.2) is 24.2 Å². The summed E-state index contributed by atoms with van der Waals surface area (Å²) in [6, 6.07) is 12.7. The van der Waals surface area contributed by atoms with Gasteiger partial charge in [0, 0.05) is 22.6 Å². The van der Waals surface area contributed by atoms with E-state index in [1.165, 1.54) is 11.8 Å². The number of amides is 1. The summed E-state index contributed by atoms with van der Waals surface area (Å²) in [4.78, 5) is 25.0. The van der Waals surface area contributed by atoms with Crippen LogP contribution >= 0.6 is 11.8 Å². The molecule has 1 aliphatic rings. The van der Waals surface area contributed by atoms with Crippen LogP contribution in [0.1, 0.15) is 30.1 Å². The molecule has 1 heterocycles. The van der Waals surface area contributed by atoms with Crippen LogP contribution in [0.5, 0.6) is 11.5 Å². The van der Waals surface area contributed by atoms with Crippen molar-refractivity contribution in [1.29, 1.82) is 0 Å². The summed E-state index contributed by atoms with van der Waals surface area (Å²) in [5.74, 6) is 1.60. The Kier molecular flexibility index (Phi) is 5.60. The number of ketones is 1. The normalized spacial score (nSPS) is 12.0. The third-order valence-electron chi connectivity index (χ3n) is 3.66. The second-order valence-corrected chi connectivity index (χ2v) is 6.65. The Labute approximate surface area is 150 Å². The lowest BCUT2D eigenvalue weighted by Crippen LogP contribution is -2.10. The Hall–Kier alpha value is -2.47. The molecule has 1 N–H and O–H groups in total. The lowest BCUT2D eigenvalue weighted by Gasteiger charge is -2.07. The maximum absolute atomic E-state index is 12.4. The van der Waals surface area contributed by atoms with Crippen molar-refractivity contribution in [2.45, 2.75) is 24.7 Å².